The molecule has 1 amide bonds. The van der Waals surface area contributed by atoms with Crippen molar-refractivity contribution in [2.75, 3.05) is 40.3 Å². The lowest BCUT2D eigenvalue weighted by atomic mass is 10.0. The van der Waals surface area contributed by atoms with E-state index in [-0.39, 0.29) is 5.91 Å². The Labute approximate surface area is 99.0 Å². The molecular weight excluding hydrogens is 202 g/mol. The molecule has 1 aliphatic rings. The number of amides is 1. The zero-order valence-corrected chi connectivity index (χ0v) is 10.8. The summed E-state index contributed by atoms with van der Waals surface area (Å²) in [4.78, 5) is 16.1. The van der Waals surface area contributed by atoms with Crippen LogP contribution in [0.25, 0.3) is 0 Å². The molecule has 0 saturated carbocycles. The Balaban J connectivity index is 2.53. The summed E-state index contributed by atoms with van der Waals surface area (Å²) < 4.78 is 0. The normalized spacial score (nSPS) is 17.8. The van der Waals surface area contributed by atoms with Crippen LogP contribution >= 0.6 is 0 Å². The number of piperidine rings is 1. The molecule has 1 aliphatic heterocycles. The van der Waals surface area contributed by atoms with Gasteiger partial charge in [0, 0.05) is 12.6 Å². The molecule has 4 nitrogen and oxygen atoms in total. The van der Waals surface area contributed by atoms with Gasteiger partial charge in [0.15, 0.2) is 0 Å². The molecule has 0 aromatic heterocycles. The lowest BCUT2D eigenvalue weighted by molar-refractivity contribution is -0.134. The van der Waals surface area contributed by atoms with E-state index in [9.17, 15) is 4.79 Å². The fraction of sp³-hybridized carbons (Fsp3) is 0.917. The summed E-state index contributed by atoms with van der Waals surface area (Å²) in [6, 6.07) is 0.452. The van der Waals surface area contributed by atoms with Crippen LogP contribution in [0.2, 0.25) is 0 Å². The minimum Gasteiger partial charge on any atom is -0.339 e. The summed E-state index contributed by atoms with van der Waals surface area (Å²) in [5.74, 6) is 0.277. The summed E-state index contributed by atoms with van der Waals surface area (Å²) >= 11 is 0. The van der Waals surface area contributed by atoms with Crippen LogP contribution in [0.1, 0.15) is 26.2 Å². The van der Waals surface area contributed by atoms with Gasteiger partial charge in [0.2, 0.25) is 5.91 Å². The molecule has 0 aliphatic carbocycles. The Kier molecular flexibility index (Phi) is 5.77. The maximum atomic E-state index is 12.1. The zero-order chi connectivity index (χ0) is 12.0. The standard InChI is InChI=1S/C12H25N3O/c1-4-9-15(12(16)10-14(2)3)11-5-7-13-8-6-11/h11,13H,4-10H2,1-3H3. The molecule has 0 aromatic rings. The third-order valence-electron chi connectivity index (χ3n) is 2.99. The molecule has 1 N–H and O–H groups in total. The third-order valence-corrected chi connectivity index (χ3v) is 2.99. The van der Waals surface area contributed by atoms with Crippen molar-refractivity contribution in [3.8, 4) is 0 Å². The number of nitrogens with zero attached hydrogens (tertiary/aromatic N) is 2. The van der Waals surface area contributed by atoms with Crippen LogP contribution in [0.15, 0.2) is 0 Å². The van der Waals surface area contributed by atoms with Gasteiger partial charge >= 0.3 is 0 Å². The second kappa shape index (κ2) is 6.86. The average molecular weight is 227 g/mol. The summed E-state index contributed by atoms with van der Waals surface area (Å²) in [5, 5.41) is 3.34. The Bertz CT molecular complexity index is 212. The number of nitrogens with one attached hydrogen (secondary N) is 1. The topological polar surface area (TPSA) is 35.6 Å². The van der Waals surface area contributed by atoms with Crippen LogP contribution in [-0.2, 0) is 4.79 Å². The largest absolute Gasteiger partial charge is 0.339 e. The first kappa shape index (κ1) is 13.5. The van der Waals surface area contributed by atoms with Crippen molar-refractivity contribution in [1.82, 2.24) is 15.1 Å². The molecule has 0 aromatic carbocycles. The molecule has 16 heavy (non-hydrogen) atoms. The second-order valence-corrected chi connectivity index (χ2v) is 4.81. The van der Waals surface area contributed by atoms with Crippen molar-refractivity contribution in [2.45, 2.75) is 32.2 Å². The van der Waals surface area contributed by atoms with Gasteiger partial charge in [-0.3, -0.25) is 4.79 Å². The van der Waals surface area contributed by atoms with Crippen LogP contribution < -0.4 is 5.32 Å². The molecule has 1 rings (SSSR count). The van der Waals surface area contributed by atoms with Crippen molar-refractivity contribution in [2.24, 2.45) is 0 Å². The van der Waals surface area contributed by atoms with E-state index in [0.29, 0.717) is 12.6 Å². The maximum Gasteiger partial charge on any atom is 0.236 e. The number of hydrogen-bond acceptors (Lipinski definition) is 3. The number of likely N-dealkylation sites (N-methyl/N-ethyl adjacent to an activating group) is 1. The second-order valence-electron chi connectivity index (χ2n) is 4.81. The van der Waals surface area contributed by atoms with E-state index in [0.717, 1.165) is 38.9 Å². The quantitative estimate of drug-likeness (QED) is 0.744. The number of hydrogen-bond donors (Lipinski definition) is 1. The first-order valence-electron chi connectivity index (χ1n) is 6.30. The van der Waals surface area contributed by atoms with Gasteiger partial charge in [0.25, 0.3) is 0 Å². The van der Waals surface area contributed by atoms with Crippen molar-refractivity contribution >= 4 is 5.91 Å². The molecule has 4 heteroatoms. The molecule has 0 bridgehead atoms. The van der Waals surface area contributed by atoms with Crippen LogP contribution in [-0.4, -0.2) is 62.0 Å². The smallest absolute Gasteiger partial charge is 0.236 e. The van der Waals surface area contributed by atoms with E-state index >= 15 is 0 Å². The number of carbonyl (C=O) groups excluding carboxylic acids is 1. The fourth-order valence-electron chi connectivity index (χ4n) is 2.23. The van der Waals surface area contributed by atoms with Gasteiger partial charge in [-0.2, -0.15) is 0 Å². The maximum absolute atomic E-state index is 12.1. The Hall–Kier alpha value is -0.610. The van der Waals surface area contributed by atoms with Gasteiger partial charge in [0.05, 0.1) is 6.54 Å². The summed E-state index contributed by atoms with van der Waals surface area (Å²) in [5.41, 5.74) is 0. The minimum absolute atomic E-state index is 0.277. The van der Waals surface area contributed by atoms with E-state index in [1.807, 2.05) is 19.0 Å². The summed E-state index contributed by atoms with van der Waals surface area (Å²) in [6.07, 6.45) is 3.24. The summed E-state index contributed by atoms with van der Waals surface area (Å²) in [6.45, 7) is 5.65. The van der Waals surface area contributed by atoms with Crippen molar-refractivity contribution in [1.29, 1.82) is 0 Å². The van der Waals surface area contributed by atoms with Crippen molar-refractivity contribution in [3.63, 3.8) is 0 Å². The molecule has 0 radical (unpaired) electrons. The predicted octanol–water partition coefficient (Wildman–Crippen LogP) is 0.539. The lowest BCUT2D eigenvalue weighted by Crippen LogP contribution is -2.48. The van der Waals surface area contributed by atoms with Gasteiger partial charge in [-0.25, -0.2) is 0 Å². The van der Waals surface area contributed by atoms with E-state index < -0.39 is 0 Å². The number of carbonyl (C=O) groups is 1. The Morgan fingerprint density at radius 1 is 1.31 bits per heavy atom. The zero-order valence-electron chi connectivity index (χ0n) is 10.8. The summed E-state index contributed by atoms with van der Waals surface area (Å²) in [7, 11) is 3.90. The molecule has 0 unspecified atom stereocenters. The molecule has 1 fully saturated rings. The van der Waals surface area contributed by atoms with Gasteiger partial charge in [0.1, 0.15) is 0 Å². The van der Waals surface area contributed by atoms with Gasteiger partial charge in [-0.05, 0) is 46.4 Å². The third kappa shape index (κ3) is 4.10. The first-order valence-corrected chi connectivity index (χ1v) is 6.30. The average Bonchev–Trinajstić information content (AvgIpc) is 2.26. The molecule has 0 spiro atoms. The van der Waals surface area contributed by atoms with E-state index in [1.165, 1.54) is 0 Å². The van der Waals surface area contributed by atoms with Crippen LogP contribution in [0.4, 0.5) is 0 Å². The molecule has 94 valence electrons. The van der Waals surface area contributed by atoms with Crippen LogP contribution in [0.5, 0.6) is 0 Å². The van der Waals surface area contributed by atoms with E-state index in [4.69, 9.17) is 0 Å². The predicted molar refractivity (Wildman–Crippen MR) is 66.4 cm³/mol. The molecule has 1 saturated heterocycles. The number of rotatable bonds is 5. The van der Waals surface area contributed by atoms with E-state index in [1.54, 1.807) is 0 Å². The van der Waals surface area contributed by atoms with Gasteiger partial charge in [-0.15, -0.1) is 0 Å². The van der Waals surface area contributed by atoms with Crippen molar-refractivity contribution in [3.05, 3.63) is 0 Å². The molecular formula is C12H25N3O. The first-order chi connectivity index (χ1) is 7.65. The highest BCUT2D eigenvalue weighted by atomic mass is 16.2. The fourth-order valence-corrected chi connectivity index (χ4v) is 2.23. The van der Waals surface area contributed by atoms with E-state index in [2.05, 4.69) is 17.1 Å². The highest BCUT2D eigenvalue weighted by molar-refractivity contribution is 5.78. The molecule has 1 heterocycles. The molecule has 0 atom stereocenters. The SMILES string of the molecule is CCCN(C(=O)CN(C)C)C1CCNCC1. The Morgan fingerprint density at radius 2 is 1.94 bits per heavy atom. The Morgan fingerprint density at radius 3 is 2.44 bits per heavy atom. The minimum atomic E-state index is 0.277. The van der Waals surface area contributed by atoms with Crippen LogP contribution in [0, 0.1) is 0 Å². The van der Waals surface area contributed by atoms with Gasteiger partial charge in [-0.1, -0.05) is 6.92 Å². The monoisotopic (exact) mass is 227 g/mol. The highest BCUT2D eigenvalue weighted by Gasteiger charge is 2.24. The lowest BCUT2D eigenvalue weighted by Gasteiger charge is -2.35. The van der Waals surface area contributed by atoms with Crippen molar-refractivity contribution < 1.29 is 4.79 Å². The highest BCUT2D eigenvalue weighted by Crippen LogP contribution is 2.12. The van der Waals surface area contributed by atoms with Crippen LogP contribution in [0.3, 0.4) is 0 Å². The van der Waals surface area contributed by atoms with Gasteiger partial charge < -0.3 is 15.1 Å².